The number of nitriles is 1. The third-order valence-electron chi connectivity index (χ3n) is 4.60. The number of thiophene rings is 1. The Kier molecular flexibility index (Phi) is 3.48. The zero-order valence-electron chi connectivity index (χ0n) is 13.0. The van der Waals surface area contributed by atoms with E-state index in [-0.39, 0.29) is 23.3 Å². The first-order valence-corrected chi connectivity index (χ1v) is 8.61. The predicted octanol–water partition coefficient (Wildman–Crippen LogP) is 4.27. The van der Waals surface area contributed by atoms with Crippen LogP contribution in [0.15, 0.2) is 52.7 Å². The number of hydrogen-bond acceptors (Lipinski definition) is 4. The fourth-order valence-corrected chi connectivity index (χ4v) is 4.26. The van der Waals surface area contributed by atoms with Gasteiger partial charge in [0.05, 0.1) is 6.07 Å². The number of aromatic amines is 1. The molecule has 0 saturated heterocycles. The van der Waals surface area contributed by atoms with Gasteiger partial charge in [-0.1, -0.05) is 18.2 Å². The number of nitrogens with one attached hydrogen (secondary N) is 1. The molecule has 0 radical (unpaired) electrons. The van der Waals surface area contributed by atoms with E-state index in [1.807, 2.05) is 6.07 Å². The first-order chi connectivity index (χ1) is 12.1. The van der Waals surface area contributed by atoms with Gasteiger partial charge in [0, 0.05) is 34.2 Å². The SMILES string of the molecule is N#CCC1C=CC=CC1(F)c1c(O)ccc2[nH]c(=O)c3sccc3c12. The molecule has 0 aliphatic heterocycles. The van der Waals surface area contributed by atoms with E-state index in [1.165, 1.54) is 23.5 Å². The van der Waals surface area contributed by atoms with Crippen LogP contribution in [0.4, 0.5) is 4.39 Å². The lowest BCUT2D eigenvalue weighted by Gasteiger charge is -2.32. The highest BCUT2D eigenvalue weighted by molar-refractivity contribution is 7.17. The van der Waals surface area contributed by atoms with Crippen LogP contribution in [0.25, 0.3) is 21.0 Å². The van der Waals surface area contributed by atoms with Crippen molar-refractivity contribution >= 4 is 32.3 Å². The number of H-pyrrole nitrogens is 1. The molecule has 2 atom stereocenters. The zero-order valence-corrected chi connectivity index (χ0v) is 13.8. The monoisotopic (exact) mass is 352 g/mol. The molecule has 25 heavy (non-hydrogen) atoms. The summed E-state index contributed by atoms with van der Waals surface area (Å²) >= 11 is 1.27. The van der Waals surface area contributed by atoms with Crippen molar-refractivity contribution in [1.82, 2.24) is 4.98 Å². The average Bonchev–Trinajstić information content (AvgIpc) is 3.08. The number of aromatic hydroxyl groups is 1. The summed E-state index contributed by atoms with van der Waals surface area (Å²) < 4.78 is 16.6. The van der Waals surface area contributed by atoms with Crippen molar-refractivity contribution in [2.45, 2.75) is 12.1 Å². The molecule has 0 spiro atoms. The molecule has 3 aromatic rings. The lowest BCUT2D eigenvalue weighted by atomic mass is 9.76. The van der Waals surface area contributed by atoms with Crippen LogP contribution in [-0.4, -0.2) is 10.1 Å². The van der Waals surface area contributed by atoms with Gasteiger partial charge in [-0.3, -0.25) is 4.79 Å². The molecule has 2 heterocycles. The Bertz CT molecular complexity index is 1150. The largest absolute Gasteiger partial charge is 0.508 e. The van der Waals surface area contributed by atoms with Gasteiger partial charge in [-0.2, -0.15) is 5.26 Å². The second-order valence-corrected chi connectivity index (χ2v) is 6.90. The number of pyridine rings is 1. The highest BCUT2D eigenvalue weighted by Gasteiger charge is 2.42. The highest BCUT2D eigenvalue weighted by Crippen LogP contribution is 2.48. The van der Waals surface area contributed by atoms with Crippen molar-refractivity contribution in [2.75, 3.05) is 0 Å². The maximum atomic E-state index is 16.1. The fourth-order valence-electron chi connectivity index (χ4n) is 3.47. The van der Waals surface area contributed by atoms with Gasteiger partial charge in [-0.25, -0.2) is 4.39 Å². The molecule has 4 rings (SSSR count). The fraction of sp³-hybridized carbons (Fsp3) is 0.158. The van der Waals surface area contributed by atoms with Gasteiger partial charge >= 0.3 is 0 Å². The minimum atomic E-state index is -2.04. The zero-order chi connectivity index (χ0) is 17.6. The van der Waals surface area contributed by atoms with Crippen LogP contribution in [0.1, 0.15) is 12.0 Å². The summed E-state index contributed by atoms with van der Waals surface area (Å²) in [5.41, 5.74) is -1.74. The smallest absolute Gasteiger partial charge is 0.266 e. The molecule has 1 aromatic carbocycles. The minimum Gasteiger partial charge on any atom is -0.508 e. The molecule has 124 valence electrons. The average molecular weight is 352 g/mol. The molecule has 2 aromatic heterocycles. The molecular formula is C19H13FN2O2S. The lowest BCUT2D eigenvalue weighted by Crippen LogP contribution is -2.29. The van der Waals surface area contributed by atoms with Gasteiger partial charge in [-0.05, 0) is 29.7 Å². The first-order valence-electron chi connectivity index (χ1n) is 7.74. The summed E-state index contributed by atoms with van der Waals surface area (Å²) in [6.45, 7) is 0. The first kappa shape index (κ1) is 15.6. The number of phenols is 1. The molecule has 0 fully saturated rings. The summed E-state index contributed by atoms with van der Waals surface area (Å²) in [6, 6.07) is 6.71. The Labute approximate surface area is 146 Å². The number of benzene rings is 1. The molecule has 1 aliphatic carbocycles. The third-order valence-corrected chi connectivity index (χ3v) is 5.51. The number of aromatic nitrogens is 1. The molecule has 0 amide bonds. The van der Waals surface area contributed by atoms with Crippen LogP contribution in [0.5, 0.6) is 5.75 Å². The maximum Gasteiger partial charge on any atom is 0.266 e. The summed E-state index contributed by atoms with van der Waals surface area (Å²) in [5.74, 6) is -0.919. The predicted molar refractivity (Wildman–Crippen MR) is 96.4 cm³/mol. The quantitative estimate of drug-likeness (QED) is 0.723. The molecule has 0 saturated carbocycles. The Morgan fingerprint density at radius 2 is 2.20 bits per heavy atom. The topological polar surface area (TPSA) is 76.9 Å². The van der Waals surface area contributed by atoms with E-state index in [0.29, 0.717) is 21.0 Å². The van der Waals surface area contributed by atoms with Crippen molar-refractivity contribution < 1.29 is 9.50 Å². The summed E-state index contributed by atoms with van der Waals surface area (Å²) in [4.78, 5) is 15.0. The van der Waals surface area contributed by atoms with E-state index >= 15 is 4.39 Å². The summed E-state index contributed by atoms with van der Waals surface area (Å²) in [6.07, 6.45) is 6.25. The van der Waals surface area contributed by atoms with E-state index in [2.05, 4.69) is 4.98 Å². The molecule has 4 nitrogen and oxygen atoms in total. The van der Waals surface area contributed by atoms with Gasteiger partial charge in [0.25, 0.3) is 5.56 Å². The standard InChI is InChI=1S/C19H13FN2O2S/c20-19(8-2-1-3-11(19)6-9-21)16-14(23)5-4-13-15(16)12-7-10-25-17(12)18(24)22-13/h1-5,7-8,10-11,23H,6H2,(H,22,24). The molecule has 0 bridgehead atoms. The Balaban J connectivity index is 2.14. The maximum absolute atomic E-state index is 16.1. The highest BCUT2D eigenvalue weighted by atomic mass is 32.1. The second-order valence-electron chi connectivity index (χ2n) is 5.98. The summed E-state index contributed by atoms with van der Waals surface area (Å²) in [7, 11) is 0. The van der Waals surface area contributed by atoms with Gasteiger partial charge < -0.3 is 10.1 Å². The van der Waals surface area contributed by atoms with Crippen molar-refractivity contribution in [3.8, 4) is 11.8 Å². The third kappa shape index (κ3) is 2.20. The Hall–Kier alpha value is -2.91. The van der Waals surface area contributed by atoms with E-state index < -0.39 is 11.6 Å². The van der Waals surface area contributed by atoms with Gasteiger partial charge in [0.15, 0.2) is 5.67 Å². The Morgan fingerprint density at radius 3 is 3.00 bits per heavy atom. The number of hydrogen-bond donors (Lipinski definition) is 2. The molecular weight excluding hydrogens is 339 g/mol. The van der Waals surface area contributed by atoms with E-state index in [4.69, 9.17) is 5.26 Å². The van der Waals surface area contributed by atoms with E-state index in [1.54, 1.807) is 35.7 Å². The molecule has 1 aliphatic rings. The number of allylic oxidation sites excluding steroid dienone is 4. The van der Waals surface area contributed by atoms with E-state index in [0.717, 1.165) is 0 Å². The van der Waals surface area contributed by atoms with Crippen LogP contribution < -0.4 is 5.56 Å². The van der Waals surface area contributed by atoms with E-state index in [9.17, 15) is 9.90 Å². The minimum absolute atomic E-state index is 0.0245. The van der Waals surface area contributed by atoms with Crippen molar-refractivity contribution in [2.24, 2.45) is 5.92 Å². The molecule has 2 unspecified atom stereocenters. The van der Waals surface area contributed by atoms with Crippen LogP contribution in [0.3, 0.4) is 0 Å². The van der Waals surface area contributed by atoms with Gasteiger partial charge in [0.2, 0.25) is 0 Å². The molecule has 6 heteroatoms. The van der Waals surface area contributed by atoms with Gasteiger partial charge in [-0.15, -0.1) is 11.3 Å². The van der Waals surface area contributed by atoms with Crippen LogP contribution in [0.2, 0.25) is 0 Å². The number of rotatable bonds is 2. The number of phenolic OH excluding ortho intramolecular Hbond substituents is 1. The number of fused-ring (bicyclic) bond motifs is 3. The Morgan fingerprint density at radius 1 is 1.36 bits per heavy atom. The van der Waals surface area contributed by atoms with Crippen LogP contribution >= 0.6 is 11.3 Å². The number of halogens is 1. The summed E-state index contributed by atoms with van der Waals surface area (Å²) in [5, 5.41) is 22.4. The number of alkyl halides is 1. The lowest BCUT2D eigenvalue weighted by molar-refractivity contribution is 0.164. The number of nitrogens with zero attached hydrogens (tertiary/aromatic N) is 1. The molecule has 2 N–H and O–H groups in total. The van der Waals surface area contributed by atoms with Crippen molar-refractivity contribution in [3.05, 3.63) is 63.8 Å². The normalized spacial score (nSPS) is 22.5. The van der Waals surface area contributed by atoms with Gasteiger partial charge in [0.1, 0.15) is 10.4 Å². The van der Waals surface area contributed by atoms with Crippen molar-refractivity contribution in [1.29, 1.82) is 5.26 Å². The van der Waals surface area contributed by atoms with Crippen molar-refractivity contribution in [3.63, 3.8) is 0 Å². The van der Waals surface area contributed by atoms with Crippen LogP contribution in [-0.2, 0) is 5.67 Å². The second kappa shape index (κ2) is 5.57. The van der Waals surface area contributed by atoms with Crippen LogP contribution in [0, 0.1) is 17.2 Å².